The number of azide groups is 1. The van der Waals surface area contributed by atoms with Gasteiger partial charge in [-0.05, 0) is 45.4 Å². The van der Waals surface area contributed by atoms with Crippen molar-refractivity contribution < 1.29 is 33.0 Å². The Bertz CT molecular complexity index is 1390. The van der Waals surface area contributed by atoms with Gasteiger partial charge in [0.25, 0.3) is 5.56 Å². The lowest BCUT2D eigenvalue weighted by atomic mass is 9.98. The van der Waals surface area contributed by atoms with Gasteiger partial charge in [-0.2, -0.15) is 5.09 Å². The number of H-pyrrole nitrogens is 1. The first kappa shape index (κ1) is 30.1. The predicted octanol–water partition coefficient (Wildman–Crippen LogP) is 2.59. The maximum absolute atomic E-state index is 14.0. The van der Waals surface area contributed by atoms with Crippen LogP contribution in [-0.2, 0) is 23.4 Å². The van der Waals surface area contributed by atoms with Crippen LogP contribution in [0.3, 0.4) is 0 Å². The Kier molecular flexibility index (Phi) is 9.06. The SMILES string of the molecule is CC(C)OC(=O)C(C)(C)NP(=O)(OC[C@]1(N=[N+]=[N-])O[C@H](n2ccc(=O)[nH]c2=O)[C@H](C)[C@H]1O)Oc1ccccc1. The first-order valence-electron chi connectivity index (χ1n) is 12.0. The van der Waals surface area contributed by atoms with Crippen molar-refractivity contribution in [2.75, 3.05) is 6.61 Å². The summed E-state index contributed by atoms with van der Waals surface area (Å²) in [6, 6.07) is 9.03. The van der Waals surface area contributed by atoms with E-state index < -0.39 is 67.2 Å². The molecule has 1 fully saturated rings. The molecule has 0 aliphatic carbocycles. The smallest absolute Gasteiger partial charge is 0.459 e. The van der Waals surface area contributed by atoms with Crippen molar-refractivity contribution in [3.8, 4) is 5.75 Å². The summed E-state index contributed by atoms with van der Waals surface area (Å²) >= 11 is 0. The number of ether oxygens (including phenoxy) is 2. The minimum atomic E-state index is -4.47. The van der Waals surface area contributed by atoms with Crippen LogP contribution < -0.4 is 20.9 Å². The monoisotopic (exact) mass is 566 g/mol. The second kappa shape index (κ2) is 11.7. The highest BCUT2D eigenvalue weighted by atomic mass is 31.2. The van der Waals surface area contributed by atoms with E-state index in [9.17, 15) is 29.6 Å². The minimum Gasteiger partial charge on any atom is -0.462 e. The van der Waals surface area contributed by atoms with E-state index in [2.05, 4.69) is 20.1 Å². The van der Waals surface area contributed by atoms with E-state index >= 15 is 0 Å². The van der Waals surface area contributed by atoms with Crippen molar-refractivity contribution in [2.45, 2.75) is 64.3 Å². The average molecular weight is 567 g/mol. The molecule has 2 aromatic rings. The molecule has 212 valence electrons. The molecule has 15 nitrogen and oxygen atoms in total. The van der Waals surface area contributed by atoms with Crippen LogP contribution in [-0.4, -0.2) is 50.7 Å². The number of rotatable bonds is 11. The van der Waals surface area contributed by atoms with E-state index in [-0.39, 0.29) is 5.75 Å². The van der Waals surface area contributed by atoms with Gasteiger partial charge in [-0.25, -0.2) is 9.36 Å². The third-order valence-electron chi connectivity index (χ3n) is 5.75. The van der Waals surface area contributed by atoms with Gasteiger partial charge in [-0.1, -0.05) is 30.2 Å². The van der Waals surface area contributed by atoms with Gasteiger partial charge < -0.3 is 19.1 Å². The molecule has 1 unspecified atom stereocenters. The number of esters is 1. The van der Waals surface area contributed by atoms with Gasteiger partial charge in [0.2, 0.25) is 0 Å². The summed E-state index contributed by atoms with van der Waals surface area (Å²) in [6.45, 7) is 6.82. The molecule has 2 heterocycles. The summed E-state index contributed by atoms with van der Waals surface area (Å²) in [5.74, 6) is -1.48. The van der Waals surface area contributed by atoms with Gasteiger partial charge in [-0.15, -0.1) is 0 Å². The van der Waals surface area contributed by atoms with Gasteiger partial charge in [0.1, 0.15) is 17.5 Å². The highest BCUT2D eigenvalue weighted by Gasteiger charge is 2.55. The van der Waals surface area contributed by atoms with Crippen molar-refractivity contribution in [3.05, 3.63) is 73.9 Å². The zero-order chi connectivity index (χ0) is 29.0. The fraction of sp³-hybridized carbons (Fsp3) is 0.522. The molecule has 1 aliphatic rings. The molecule has 1 saturated heterocycles. The van der Waals surface area contributed by atoms with Crippen LogP contribution in [0.1, 0.15) is 40.8 Å². The number of aliphatic hydroxyl groups excluding tert-OH is 1. The van der Waals surface area contributed by atoms with E-state index in [1.807, 2.05) is 0 Å². The van der Waals surface area contributed by atoms with Gasteiger partial charge in [0.05, 0.1) is 18.8 Å². The fourth-order valence-corrected chi connectivity index (χ4v) is 5.52. The molecule has 3 rings (SSSR count). The molecule has 0 bridgehead atoms. The van der Waals surface area contributed by atoms with Crippen molar-refractivity contribution in [1.29, 1.82) is 0 Å². The van der Waals surface area contributed by atoms with Gasteiger partial charge in [0.15, 0.2) is 5.72 Å². The summed E-state index contributed by atoms with van der Waals surface area (Å²) in [4.78, 5) is 41.4. The standard InChI is InChI=1S/C23H31N6O9P/c1-14(2)36-20(32)22(4,5)27-39(34,38-16-9-7-6-8-10-16)35-13-23(26-28-24)18(31)15(3)19(37-23)29-12-11-17(30)25-21(29)33/h6-12,14-15,18-19,31H,13H2,1-5H3,(H,27,34)(H,25,30,33)/t15-,18-,19+,23+,39?/m1/s1. The Hall–Kier alpha value is -3.45. The molecule has 3 N–H and O–H groups in total. The average Bonchev–Trinajstić information content (AvgIpc) is 3.08. The summed E-state index contributed by atoms with van der Waals surface area (Å²) < 4.78 is 37.4. The Labute approximate surface area is 223 Å². The zero-order valence-corrected chi connectivity index (χ0v) is 22.9. The molecule has 39 heavy (non-hydrogen) atoms. The van der Waals surface area contributed by atoms with E-state index in [1.165, 1.54) is 32.9 Å². The second-order valence-electron chi connectivity index (χ2n) is 9.73. The quantitative estimate of drug-likeness (QED) is 0.119. The molecular weight excluding hydrogens is 535 g/mol. The molecule has 0 saturated carbocycles. The topological polar surface area (TPSA) is 207 Å². The number of benzene rings is 1. The molecule has 5 atom stereocenters. The van der Waals surface area contributed by atoms with Crippen LogP contribution >= 0.6 is 7.75 Å². The molecule has 16 heteroatoms. The Morgan fingerprint density at radius 3 is 2.59 bits per heavy atom. The number of carbonyl (C=O) groups is 1. The third-order valence-corrected chi connectivity index (χ3v) is 7.51. The number of hydrogen-bond donors (Lipinski definition) is 3. The van der Waals surface area contributed by atoms with Crippen LogP contribution in [0.5, 0.6) is 5.75 Å². The van der Waals surface area contributed by atoms with E-state index in [0.29, 0.717) is 0 Å². The Morgan fingerprint density at radius 1 is 1.33 bits per heavy atom. The largest absolute Gasteiger partial charge is 0.462 e. The third kappa shape index (κ3) is 6.95. The highest BCUT2D eigenvalue weighted by Crippen LogP contribution is 2.50. The first-order valence-corrected chi connectivity index (χ1v) is 13.5. The van der Waals surface area contributed by atoms with Crippen molar-refractivity contribution in [1.82, 2.24) is 14.6 Å². The number of aromatic nitrogens is 2. The number of hydrogen-bond acceptors (Lipinski definition) is 10. The number of nitrogens with zero attached hydrogens (tertiary/aromatic N) is 4. The summed E-state index contributed by atoms with van der Waals surface area (Å²) in [5, 5.41) is 17.2. The summed E-state index contributed by atoms with van der Waals surface area (Å²) in [7, 11) is -4.47. The Balaban J connectivity index is 1.95. The molecule has 0 radical (unpaired) electrons. The van der Waals surface area contributed by atoms with E-state index in [4.69, 9.17) is 18.5 Å². The van der Waals surface area contributed by atoms with Gasteiger partial charge in [-0.3, -0.25) is 23.7 Å². The molecule has 0 spiro atoms. The van der Waals surface area contributed by atoms with Gasteiger partial charge in [0, 0.05) is 23.1 Å². The maximum Gasteiger partial charge on any atom is 0.459 e. The lowest BCUT2D eigenvalue weighted by Crippen LogP contribution is -2.49. The number of aliphatic hydroxyl groups is 1. The lowest BCUT2D eigenvalue weighted by Gasteiger charge is -2.32. The van der Waals surface area contributed by atoms with Gasteiger partial charge >= 0.3 is 19.4 Å². The molecule has 1 aliphatic heterocycles. The number of carbonyl (C=O) groups excluding carboxylic acids is 1. The lowest BCUT2D eigenvalue weighted by molar-refractivity contribution is -0.153. The second-order valence-corrected chi connectivity index (χ2v) is 11.4. The van der Waals surface area contributed by atoms with E-state index in [1.54, 1.807) is 32.0 Å². The first-order chi connectivity index (χ1) is 18.2. The summed E-state index contributed by atoms with van der Waals surface area (Å²) in [6.07, 6.45) is -2.05. The predicted molar refractivity (Wildman–Crippen MR) is 138 cm³/mol. The van der Waals surface area contributed by atoms with Crippen LogP contribution in [0, 0.1) is 5.92 Å². The van der Waals surface area contributed by atoms with Crippen LogP contribution in [0.4, 0.5) is 0 Å². The molecule has 1 aromatic carbocycles. The summed E-state index contributed by atoms with van der Waals surface area (Å²) in [5.41, 5.74) is 4.06. The Morgan fingerprint density at radius 2 is 2.00 bits per heavy atom. The molecular formula is C23H31N6O9P. The van der Waals surface area contributed by atoms with Crippen LogP contribution in [0.15, 0.2) is 57.3 Å². The zero-order valence-electron chi connectivity index (χ0n) is 22.0. The highest BCUT2D eigenvalue weighted by molar-refractivity contribution is 7.52. The normalized spacial score (nSPS) is 24.5. The minimum absolute atomic E-state index is 0.123. The molecule has 0 amide bonds. The fourth-order valence-electron chi connectivity index (χ4n) is 3.83. The van der Waals surface area contributed by atoms with Crippen LogP contribution in [0.25, 0.3) is 10.4 Å². The number of para-hydroxylation sites is 1. The van der Waals surface area contributed by atoms with Crippen molar-refractivity contribution >= 4 is 13.7 Å². The molecule has 1 aromatic heterocycles. The van der Waals surface area contributed by atoms with Crippen molar-refractivity contribution in [3.63, 3.8) is 0 Å². The van der Waals surface area contributed by atoms with Crippen molar-refractivity contribution in [2.24, 2.45) is 11.0 Å². The van der Waals surface area contributed by atoms with Crippen LogP contribution in [0.2, 0.25) is 0 Å². The number of aromatic amines is 1. The number of nitrogens with one attached hydrogen (secondary N) is 2. The van der Waals surface area contributed by atoms with E-state index in [0.717, 1.165) is 16.8 Å². The maximum atomic E-state index is 14.0.